The van der Waals surface area contributed by atoms with E-state index in [0.29, 0.717) is 25.1 Å². The van der Waals surface area contributed by atoms with Crippen LogP contribution in [0.1, 0.15) is 29.3 Å². The number of benzene rings is 1. The summed E-state index contributed by atoms with van der Waals surface area (Å²) in [7, 11) is -3.78. The molecule has 7 heteroatoms. The Morgan fingerprint density at radius 2 is 1.95 bits per heavy atom. The molecule has 0 radical (unpaired) electrons. The predicted molar refractivity (Wildman–Crippen MR) is 76.9 cm³/mol. The average Bonchev–Trinajstić information content (AvgIpc) is 2.37. The van der Waals surface area contributed by atoms with Crippen LogP contribution in [-0.4, -0.2) is 42.0 Å². The minimum absolute atomic E-state index is 0.0765. The molecule has 1 aliphatic rings. The molecule has 2 rings (SSSR count). The molecule has 1 aromatic carbocycles. The van der Waals surface area contributed by atoms with Crippen LogP contribution in [0.25, 0.3) is 0 Å². The summed E-state index contributed by atoms with van der Waals surface area (Å²) >= 11 is 0. The molecule has 0 saturated carbocycles. The third-order valence-corrected chi connectivity index (χ3v) is 5.43. The van der Waals surface area contributed by atoms with E-state index in [9.17, 15) is 18.3 Å². The number of rotatable bonds is 3. The molecule has 0 unspecified atom stereocenters. The van der Waals surface area contributed by atoms with Gasteiger partial charge in [0.1, 0.15) is 11.3 Å². The van der Waals surface area contributed by atoms with Gasteiger partial charge in [-0.1, -0.05) is 11.6 Å². The van der Waals surface area contributed by atoms with E-state index in [1.807, 2.05) is 13.0 Å². The molecule has 0 fully saturated rings. The van der Waals surface area contributed by atoms with Crippen LogP contribution in [0.4, 0.5) is 0 Å². The number of carbonyl (C=O) groups is 1. The van der Waals surface area contributed by atoms with Crippen LogP contribution in [0.15, 0.2) is 28.7 Å². The Bertz CT molecular complexity index is 721. The van der Waals surface area contributed by atoms with Crippen molar-refractivity contribution in [3.63, 3.8) is 0 Å². The van der Waals surface area contributed by atoms with Crippen molar-refractivity contribution in [2.24, 2.45) is 0 Å². The molecular weight excluding hydrogens is 294 g/mol. The van der Waals surface area contributed by atoms with Gasteiger partial charge in [0.2, 0.25) is 10.0 Å². The van der Waals surface area contributed by atoms with Gasteiger partial charge >= 0.3 is 5.97 Å². The van der Waals surface area contributed by atoms with E-state index in [0.717, 1.165) is 11.6 Å². The van der Waals surface area contributed by atoms with Crippen LogP contribution >= 0.6 is 0 Å². The quantitative estimate of drug-likeness (QED) is 0.829. The van der Waals surface area contributed by atoms with Crippen LogP contribution in [0.5, 0.6) is 5.75 Å². The number of aromatic carboxylic acids is 1. The van der Waals surface area contributed by atoms with Gasteiger partial charge in [-0.05, 0) is 38.0 Å². The zero-order valence-corrected chi connectivity index (χ0v) is 12.6. The lowest BCUT2D eigenvalue weighted by atomic mass is 10.1. The maximum absolute atomic E-state index is 12.7. The molecule has 6 nitrogen and oxygen atoms in total. The van der Waals surface area contributed by atoms with Crippen molar-refractivity contribution in [3.8, 4) is 5.75 Å². The second-order valence-corrected chi connectivity index (χ2v) is 7.02. The molecule has 0 spiro atoms. The fourth-order valence-electron chi connectivity index (χ4n) is 2.34. The number of carboxylic acid groups (broad SMARTS) is 1. The van der Waals surface area contributed by atoms with Gasteiger partial charge < -0.3 is 10.2 Å². The highest BCUT2D eigenvalue weighted by Crippen LogP contribution is 2.29. The third kappa shape index (κ3) is 2.93. The fourth-order valence-corrected chi connectivity index (χ4v) is 4.07. The Labute approximate surface area is 123 Å². The predicted octanol–water partition coefficient (Wildman–Crippen LogP) is 1.74. The number of hydrogen-bond donors (Lipinski definition) is 2. The Balaban J connectivity index is 2.52. The largest absolute Gasteiger partial charge is 0.507 e. The van der Waals surface area contributed by atoms with Crippen molar-refractivity contribution in [1.82, 2.24) is 4.31 Å². The normalized spacial score (nSPS) is 16.6. The minimum Gasteiger partial charge on any atom is -0.507 e. The standard InChI is InChI=1S/C14H17NO5S/c1-9-4-3-5-15(8-9)21(19,20)13-7-11(14(17)18)12(16)6-10(13)2/h4,6-7,16H,3,5,8H2,1-2H3,(H,17,18). The van der Waals surface area contributed by atoms with Crippen molar-refractivity contribution >= 4 is 16.0 Å². The van der Waals surface area contributed by atoms with Crippen molar-refractivity contribution in [3.05, 3.63) is 34.9 Å². The number of aromatic hydroxyl groups is 1. The molecule has 0 atom stereocenters. The lowest BCUT2D eigenvalue weighted by Crippen LogP contribution is -2.35. The van der Waals surface area contributed by atoms with Crippen molar-refractivity contribution in [2.75, 3.05) is 13.1 Å². The second kappa shape index (κ2) is 5.50. The van der Waals surface area contributed by atoms with Gasteiger partial charge in [0.15, 0.2) is 0 Å². The van der Waals surface area contributed by atoms with Crippen LogP contribution in [0, 0.1) is 6.92 Å². The molecule has 114 valence electrons. The number of aryl methyl sites for hydroxylation is 1. The van der Waals surface area contributed by atoms with Gasteiger partial charge in [0.25, 0.3) is 0 Å². The van der Waals surface area contributed by atoms with Gasteiger partial charge in [-0.2, -0.15) is 4.31 Å². The van der Waals surface area contributed by atoms with Gasteiger partial charge in [-0.25, -0.2) is 13.2 Å². The fraction of sp³-hybridized carbons (Fsp3) is 0.357. The maximum atomic E-state index is 12.7. The summed E-state index contributed by atoms with van der Waals surface area (Å²) in [5, 5.41) is 18.6. The highest BCUT2D eigenvalue weighted by atomic mass is 32.2. The molecule has 0 saturated heterocycles. The molecule has 21 heavy (non-hydrogen) atoms. The first-order valence-corrected chi connectivity index (χ1v) is 7.90. The van der Waals surface area contributed by atoms with Gasteiger partial charge in [0, 0.05) is 13.1 Å². The molecule has 0 amide bonds. The maximum Gasteiger partial charge on any atom is 0.339 e. The van der Waals surface area contributed by atoms with E-state index in [2.05, 4.69) is 0 Å². The summed E-state index contributed by atoms with van der Waals surface area (Å²) in [6, 6.07) is 2.19. The second-order valence-electron chi connectivity index (χ2n) is 5.12. The minimum atomic E-state index is -3.78. The Hall–Kier alpha value is -1.86. The van der Waals surface area contributed by atoms with Crippen LogP contribution in [0.2, 0.25) is 0 Å². The van der Waals surface area contributed by atoms with E-state index in [1.54, 1.807) is 0 Å². The summed E-state index contributed by atoms with van der Waals surface area (Å²) < 4.78 is 26.7. The summed E-state index contributed by atoms with van der Waals surface area (Å²) in [6.45, 7) is 4.05. The topological polar surface area (TPSA) is 94.9 Å². The number of hydrogen-bond acceptors (Lipinski definition) is 4. The Kier molecular flexibility index (Phi) is 4.06. The van der Waals surface area contributed by atoms with E-state index in [1.165, 1.54) is 17.3 Å². The zero-order chi connectivity index (χ0) is 15.8. The first-order chi connectivity index (χ1) is 9.73. The van der Waals surface area contributed by atoms with Gasteiger partial charge in [-0.3, -0.25) is 0 Å². The number of carboxylic acids is 1. The van der Waals surface area contributed by atoms with E-state index >= 15 is 0 Å². The van der Waals surface area contributed by atoms with Gasteiger partial charge in [-0.15, -0.1) is 0 Å². The van der Waals surface area contributed by atoms with Crippen molar-refractivity contribution in [2.45, 2.75) is 25.2 Å². The van der Waals surface area contributed by atoms with Gasteiger partial charge in [0.05, 0.1) is 4.90 Å². The molecule has 0 aliphatic carbocycles. The smallest absolute Gasteiger partial charge is 0.339 e. The summed E-state index contributed by atoms with van der Waals surface area (Å²) in [4.78, 5) is 11.0. The number of phenols is 1. The molecule has 0 aromatic heterocycles. The Morgan fingerprint density at radius 3 is 2.52 bits per heavy atom. The molecule has 1 aliphatic heterocycles. The van der Waals surface area contributed by atoms with E-state index in [4.69, 9.17) is 5.11 Å². The third-order valence-electron chi connectivity index (χ3n) is 3.44. The molecule has 2 N–H and O–H groups in total. The summed E-state index contributed by atoms with van der Waals surface area (Å²) in [5.74, 6) is -1.80. The SMILES string of the molecule is CC1=CCCN(S(=O)(=O)c2cc(C(=O)O)c(O)cc2C)C1. The highest BCUT2D eigenvalue weighted by Gasteiger charge is 2.29. The molecule has 0 bridgehead atoms. The summed E-state index contributed by atoms with van der Waals surface area (Å²) in [6.07, 6.45) is 2.62. The summed E-state index contributed by atoms with van der Waals surface area (Å²) in [5.41, 5.74) is 0.868. The lowest BCUT2D eigenvalue weighted by Gasteiger charge is -2.26. The van der Waals surface area contributed by atoms with Crippen molar-refractivity contribution < 1.29 is 23.4 Å². The highest BCUT2D eigenvalue weighted by molar-refractivity contribution is 7.89. The first kappa shape index (κ1) is 15.5. The zero-order valence-electron chi connectivity index (χ0n) is 11.8. The average molecular weight is 311 g/mol. The first-order valence-electron chi connectivity index (χ1n) is 6.46. The van der Waals surface area contributed by atoms with E-state index < -0.39 is 27.3 Å². The molecular formula is C14H17NO5S. The van der Waals surface area contributed by atoms with E-state index in [-0.39, 0.29) is 4.90 Å². The monoisotopic (exact) mass is 311 g/mol. The lowest BCUT2D eigenvalue weighted by molar-refractivity contribution is 0.0693. The van der Waals surface area contributed by atoms with Crippen LogP contribution in [-0.2, 0) is 10.0 Å². The number of nitrogens with zero attached hydrogens (tertiary/aromatic N) is 1. The molecule has 1 aromatic rings. The van der Waals surface area contributed by atoms with Crippen molar-refractivity contribution in [1.29, 1.82) is 0 Å². The van der Waals surface area contributed by atoms with Crippen LogP contribution in [0.3, 0.4) is 0 Å². The molecule has 1 heterocycles. The van der Waals surface area contributed by atoms with Crippen LogP contribution < -0.4 is 0 Å². The Morgan fingerprint density at radius 1 is 1.29 bits per heavy atom. The number of sulfonamides is 1.